The monoisotopic (exact) mass is 402 g/mol. The van der Waals surface area contributed by atoms with Crippen molar-refractivity contribution in [1.29, 1.82) is 0 Å². The smallest absolute Gasteiger partial charge is 0.269 e. The number of halogens is 1. The van der Waals surface area contributed by atoms with E-state index < -0.39 is 0 Å². The molecule has 1 aromatic carbocycles. The van der Waals surface area contributed by atoms with E-state index in [4.69, 9.17) is 0 Å². The lowest BCUT2D eigenvalue weighted by Gasteiger charge is -2.16. The van der Waals surface area contributed by atoms with E-state index in [1.54, 1.807) is 19.2 Å². The largest absolute Gasteiger partial charge is 0.353 e. The number of nitrogens with zero attached hydrogens (tertiary/aromatic N) is 2. The van der Waals surface area contributed by atoms with Gasteiger partial charge in [0.15, 0.2) is 5.96 Å². The number of rotatable bonds is 4. The molecule has 7 heteroatoms. The molecule has 0 aromatic heterocycles. The molecule has 0 aliphatic heterocycles. The number of nitro benzene ring substituents is 1. The van der Waals surface area contributed by atoms with Crippen molar-refractivity contribution in [1.82, 2.24) is 10.6 Å². The molecule has 1 aliphatic carbocycles. The number of non-ortho nitro benzene ring substituents is 1. The highest BCUT2D eigenvalue weighted by Gasteiger charge is 2.11. The van der Waals surface area contributed by atoms with Crippen LogP contribution in [0.1, 0.15) is 18.4 Å². The average molecular weight is 402 g/mol. The third kappa shape index (κ3) is 5.33. The van der Waals surface area contributed by atoms with Gasteiger partial charge in [0, 0.05) is 31.8 Å². The number of aliphatic imine (C=N–C) groups is 1. The van der Waals surface area contributed by atoms with Crippen LogP contribution in [0.4, 0.5) is 5.69 Å². The number of benzene rings is 1. The molecule has 0 heterocycles. The van der Waals surface area contributed by atoms with Crippen molar-refractivity contribution < 1.29 is 4.92 Å². The van der Waals surface area contributed by atoms with Crippen LogP contribution in [-0.4, -0.2) is 24.0 Å². The molecule has 0 atom stereocenters. The summed E-state index contributed by atoms with van der Waals surface area (Å²) >= 11 is 0. The molecule has 2 N–H and O–H groups in total. The van der Waals surface area contributed by atoms with Gasteiger partial charge in [-0.05, 0) is 18.4 Å². The van der Waals surface area contributed by atoms with Gasteiger partial charge in [-0.1, -0.05) is 24.3 Å². The quantitative estimate of drug-likeness (QED) is 0.203. The maximum Gasteiger partial charge on any atom is 0.269 e. The van der Waals surface area contributed by atoms with Crippen molar-refractivity contribution in [2.75, 3.05) is 7.05 Å². The SMILES string of the molecule is CN=C(NCc1cccc([N+](=O)[O-])c1)NC1CC=CC1.I. The molecule has 0 radical (unpaired) electrons. The number of nitro groups is 1. The summed E-state index contributed by atoms with van der Waals surface area (Å²) in [5, 5.41) is 17.2. The van der Waals surface area contributed by atoms with Gasteiger partial charge in [0.1, 0.15) is 0 Å². The lowest BCUT2D eigenvalue weighted by Crippen LogP contribution is -2.42. The molecule has 0 saturated heterocycles. The second kappa shape index (κ2) is 8.60. The zero-order chi connectivity index (χ0) is 14.4. The van der Waals surface area contributed by atoms with Crippen LogP contribution in [0.2, 0.25) is 0 Å². The van der Waals surface area contributed by atoms with Crippen LogP contribution in [0.3, 0.4) is 0 Å². The Morgan fingerprint density at radius 3 is 2.76 bits per heavy atom. The van der Waals surface area contributed by atoms with Gasteiger partial charge in [-0.2, -0.15) is 0 Å². The summed E-state index contributed by atoms with van der Waals surface area (Å²) in [6.07, 6.45) is 6.28. The average Bonchev–Trinajstić information content (AvgIpc) is 2.96. The normalized spacial score (nSPS) is 14.6. The standard InChI is InChI=1S/C14H18N4O2.HI/c1-15-14(17-12-6-2-3-7-12)16-10-11-5-4-8-13(9-11)18(19)20;/h2-5,8-9,12H,6-7,10H2,1H3,(H2,15,16,17);1H. The van der Waals surface area contributed by atoms with Crippen molar-refractivity contribution in [2.24, 2.45) is 4.99 Å². The van der Waals surface area contributed by atoms with Crippen LogP contribution >= 0.6 is 24.0 Å². The minimum atomic E-state index is -0.388. The van der Waals surface area contributed by atoms with E-state index in [1.807, 2.05) is 6.07 Å². The lowest BCUT2D eigenvalue weighted by atomic mass is 10.2. The molecule has 2 rings (SSSR count). The van der Waals surface area contributed by atoms with Crippen LogP contribution in [0.25, 0.3) is 0 Å². The van der Waals surface area contributed by atoms with E-state index in [0.29, 0.717) is 18.5 Å². The molecule has 1 aliphatic rings. The summed E-state index contributed by atoms with van der Waals surface area (Å²) in [7, 11) is 1.71. The summed E-state index contributed by atoms with van der Waals surface area (Å²) in [6.45, 7) is 0.501. The van der Waals surface area contributed by atoms with Crippen LogP contribution in [0.15, 0.2) is 41.4 Å². The van der Waals surface area contributed by atoms with Crippen molar-refractivity contribution in [3.63, 3.8) is 0 Å². The first kappa shape index (κ1) is 17.4. The summed E-state index contributed by atoms with van der Waals surface area (Å²) < 4.78 is 0. The minimum Gasteiger partial charge on any atom is -0.353 e. The zero-order valence-corrected chi connectivity index (χ0v) is 14.1. The predicted octanol–water partition coefficient (Wildman–Crippen LogP) is 2.60. The molecular formula is C14H19IN4O2. The van der Waals surface area contributed by atoms with Gasteiger partial charge in [-0.3, -0.25) is 15.1 Å². The summed E-state index contributed by atoms with van der Waals surface area (Å²) in [6, 6.07) is 6.97. The fraction of sp³-hybridized carbons (Fsp3) is 0.357. The number of guanidine groups is 1. The first-order valence-corrected chi connectivity index (χ1v) is 6.54. The van der Waals surface area contributed by atoms with Crippen LogP contribution in [0, 0.1) is 10.1 Å². The Kier molecular flexibility index (Phi) is 7.13. The van der Waals surface area contributed by atoms with E-state index >= 15 is 0 Å². The topological polar surface area (TPSA) is 79.6 Å². The van der Waals surface area contributed by atoms with Crippen molar-refractivity contribution in [3.05, 3.63) is 52.1 Å². The Bertz CT molecular complexity index is 538. The first-order chi connectivity index (χ1) is 9.69. The maximum absolute atomic E-state index is 10.7. The van der Waals surface area contributed by atoms with Crippen LogP contribution < -0.4 is 10.6 Å². The van der Waals surface area contributed by atoms with Crippen LogP contribution in [-0.2, 0) is 6.54 Å². The Morgan fingerprint density at radius 2 is 2.14 bits per heavy atom. The summed E-state index contributed by atoms with van der Waals surface area (Å²) in [5.74, 6) is 0.713. The number of nitrogens with one attached hydrogen (secondary N) is 2. The molecule has 1 aromatic rings. The van der Waals surface area contributed by atoms with Crippen molar-refractivity contribution >= 4 is 35.6 Å². The minimum absolute atomic E-state index is 0. The summed E-state index contributed by atoms with van der Waals surface area (Å²) in [4.78, 5) is 14.5. The highest BCUT2D eigenvalue weighted by Crippen LogP contribution is 2.13. The van der Waals surface area contributed by atoms with Gasteiger partial charge in [0.05, 0.1) is 4.92 Å². The van der Waals surface area contributed by atoms with Gasteiger partial charge in [0.25, 0.3) is 5.69 Å². The molecule has 114 valence electrons. The third-order valence-corrected chi connectivity index (χ3v) is 3.15. The van der Waals surface area contributed by atoms with Gasteiger partial charge >= 0.3 is 0 Å². The van der Waals surface area contributed by atoms with Gasteiger partial charge < -0.3 is 10.6 Å². The fourth-order valence-corrected chi connectivity index (χ4v) is 2.09. The molecule has 0 amide bonds. The second-order valence-corrected chi connectivity index (χ2v) is 4.64. The molecule has 6 nitrogen and oxygen atoms in total. The van der Waals surface area contributed by atoms with Crippen molar-refractivity contribution in [2.45, 2.75) is 25.4 Å². The molecule has 0 fully saturated rings. The number of hydrogen-bond acceptors (Lipinski definition) is 3. The zero-order valence-electron chi connectivity index (χ0n) is 11.8. The third-order valence-electron chi connectivity index (χ3n) is 3.15. The van der Waals surface area contributed by atoms with E-state index in [-0.39, 0.29) is 34.6 Å². The van der Waals surface area contributed by atoms with E-state index in [2.05, 4.69) is 27.8 Å². The highest BCUT2D eigenvalue weighted by molar-refractivity contribution is 14.0. The van der Waals surface area contributed by atoms with E-state index in [0.717, 1.165) is 18.4 Å². The fourth-order valence-electron chi connectivity index (χ4n) is 2.09. The first-order valence-electron chi connectivity index (χ1n) is 6.54. The van der Waals surface area contributed by atoms with E-state index in [1.165, 1.54) is 6.07 Å². The highest BCUT2D eigenvalue weighted by atomic mass is 127. The molecule has 0 bridgehead atoms. The maximum atomic E-state index is 10.7. The second-order valence-electron chi connectivity index (χ2n) is 4.64. The lowest BCUT2D eigenvalue weighted by molar-refractivity contribution is -0.384. The Hall–Kier alpha value is -1.64. The predicted molar refractivity (Wildman–Crippen MR) is 94.0 cm³/mol. The van der Waals surface area contributed by atoms with Gasteiger partial charge in [-0.15, -0.1) is 24.0 Å². The Labute approximate surface area is 140 Å². The Morgan fingerprint density at radius 1 is 1.43 bits per heavy atom. The molecular weight excluding hydrogens is 383 g/mol. The molecule has 21 heavy (non-hydrogen) atoms. The Balaban J connectivity index is 0.00000220. The van der Waals surface area contributed by atoms with Gasteiger partial charge in [-0.25, -0.2) is 0 Å². The molecule has 0 saturated carbocycles. The summed E-state index contributed by atoms with van der Waals surface area (Å²) in [5.41, 5.74) is 0.957. The van der Waals surface area contributed by atoms with Crippen LogP contribution in [0.5, 0.6) is 0 Å². The van der Waals surface area contributed by atoms with Gasteiger partial charge in [0.2, 0.25) is 0 Å². The van der Waals surface area contributed by atoms with E-state index in [9.17, 15) is 10.1 Å². The molecule has 0 unspecified atom stereocenters. The van der Waals surface area contributed by atoms with Crippen molar-refractivity contribution in [3.8, 4) is 0 Å². The number of hydrogen-bond donors (Lipinski definition) is 2. The molecule has 0 spiro atoms.